The van der Waals surface area contributed by atoms with Crippen LogP contribution in [0.3, 0.4) is 0 Å². The van der Waals surface area contributed by atoms with Gasteiger partial charge in [0.25, 0.3) is 0 Å². The summed E-state index contributed by atoms with van der Waals surface area (Å²) < 4.78 is 110. The van der Waals surface area contributed by atoms with Gasteiger partial charge in [0.05, 0.1) is 6.61 Å². The van der Waals surface area contributed by atoms with Crippen LogP contribution in [0.5, 0.6) is 0 Å². The molecule has 8 nitrogen and oxygen atoms in total. The van der Waals surface area contributed by atoms with E-state index in [4.69, 9.17) is 0 Å². The summed E-state index contributed by atoms with van der Waals surface area (Å²) >= 11 is 0. The van der Waals surface area contributed by atoms with E-state index in [2.05, 4.69) is 20.8 Å². The van der Waals surface area contributed by atoms with Crippen LogP contribution in [0.1, 0.15) is 26.7 Å². The lowest BCUT2D eigenvalue weighted by Gasteiger charge is -2.33. The lowest BCUT2D eigenvalue weighted by molar-refractivity contribution is -0.360. The summed E-state index contributed by atoms with van der Waals surface area (Å²) in [5, 5.41) is -5.36. The second-order valence-corrected chi connectivity index (χ2v) is 6.66. The van der Waals surface area contributed by atoms with E-state index >= 15 is 0 Å². The fourth-order valence-corrected chi connectivity index (χ4v) is 1.47. The van der Waals surface area contributed by atoms with Gasteiger partial charge >= 0.3 is 29.2 Å². The number of rotatable bonds is 10. The molecule has 0 aromatic carbocycles. The van der Waals surface area contributed by atoms with Crippen molar-refractivity contribution in [3.63, 3.8) is 0 Å². The maximum Gasteiger partial charge on any atom is 0.468 e. The molecule has 0 heterocycles. The van der Waals surface area contributed by atoms with E-state index in [0.29, 0.717) is 6.42 Å². The van der Waals surface area contributed by atoms with Crippen molar-refractivity contribution in [1.82, 2.24) is 0 Å². The van der Waals surface area contributed by atoms with Crippen LogP contribution in [-0.2, 0) is 33.9 Å². The second-order valence-electron chi connectivity index (χ2n) is 5.15. The minimum atomic E-state index is -6.45. The maximum atomic E-state index is 13.4. The monoisotopic (exact) mass is 427 g/mol. The Balaban J connectivity index is 6.03. The Morgan fingerprint density at radius 3 is 2.04 bits per heavy atom. The zero-order chi connectivity index (χ0) is 21.7. The molecule has 0 radical (unpaired) electrons. The molecule has 0 N–H and O–H groups in total. The molecule has 1 atom stereocenters. The molecule has 158 valence electrons. The molecule has 1 unspecified atom stereocenters. The molecule has 27 heavy (non-hydrogen) atoms. The Kier molecular flexibility index (Phi) is 8.33. The molecule has 0 bridgehead atoms. The lowest BCUT2D eigenvalue weighted by Crippen LogP contribution is -2.59. The fraction of sp³-hybridized carbons (Fsp3) is 0.692. The topological polar surface area (TPSA) is 119 Å². The molecule has 0 rings (SSSR count). The van der Waals surface area contributed by atoms with Gasteiger partial charge in [-0.05, 0) is 13.3 Å². The molecule has 0 aromatic heterocycles. The predicted molar refractivity (Wildman–Crippen MR) is 76.2 cm³/mol. The van der Waals surface area contributed by atoms with Crippen molar-refractivity contribution >= 4 is 22.1 Å². The minimum Gasteiger partial charge on any atom is -0.743 e. The summed E-state index contributed by atoms with van der Waals surface area (Å²) in [5.74, 6) is -9.03. The number of halogens is 5. The van der Waals surface area contributed by atoms with E-state index in [1.54, 1.807) is 6.92 Å². The molecule has 0 aliphatic rings. The third-order valence-electron chi connectivity index (χ3n) is 2.77. The molecule has 0 saturated carbocycles. The van der Waals surface area contributed by atoms with E-state index in [-0.39, 0.29) is 6.42 Å². The van der Waals surface area contributed by atoms with Gasteiger partial charge in [0.2, 0.25) is 0 Å². The van der Waals surface area contributed by atoms with Gasteiger partial charge in [-0.15, -0.1) is 0 Å². The van der Waals surface area contributed by atoms with Crippen molar-refractivity contribution < 1.29 is 58.7 Å². The van der Waals surface area contributed by atoms with Crippen LogP contribution < -0.4 is 0 Å². The number of carbonyl (C=O) groups excluding carboxylic acids is 2. The number of hydrogen-bond donors (Lipinski definition) is 0. The lowest BCUT2D eigenvalue weighted by atomic mass is 10.2. The summed E-state index contributed by atoms with van der Waals surface area (Å²) in [6.45, 7) is 2.08. The highest BCUT2D eigenvalue weighted by molar-refractivity contribution is 7.86. The van der Waals surface area contributed by atoms with Crippen LogP contribution in [0, 0.1) is 0 Å². The standard InChI is InChI=1S/C13H17F5O8S/c1-4-5-6-24-10(20)12(13(16,17)18,26-9(19)8(2)3)25-7-11(14,15)27(21,22)23/h2,4-7H2,1,3H3,(H,21,22,23)/p-1. The molecular weight excluding hydrogens is 411 g/mol. The highest BCUT2D eigenvalue weighted by Gasteiger charge is 2.68. The zero-order valence-electron chi connectivity index (χ0n) is 14.1. The van der Waals surface area contributed by atoms with Gasteiger partial charge in [-0.25, -0.2) is 18.0 Å². The first-order valence-corrected chi connectivity index (χ1v) is 8.52. The molecule has 0 fully saturated rings. The van der Waals surface area contributed by atoms with Crippen molar-refractivity contribution in [3.05, 3.63) is 12.2 Å². The number of esters is 2. The van der Waals surface area contributed by atoms with Gasteiger partial charge in [0.1, 0.15) is 6.61 Å². The number of hydrogen-bond acceptors (Lipinski definition) is 8. The van der Waals surface area contributed by atoms with Crippen molar-refractivity contribution in [3.8, 4) is 0 Å². The first-order chi connectivity index (χ1) is 12.0. The Hall–Kier alpha value is -1.80. The van der Waals surface area contributed by atoms with Gasteiger partial charge in [-0.3, -0.25) is 0 Å². The molecular formula is C13H16F5O8S-. The van der Waals surface area contributed by atoms with Crippen LogP contribution in [-0.4, -0.2) is 55.3 Å². The first kappa shape index (κ1) is 25.2. The number of ether oxygens (including phenoxy) is 3. The van der Waals surface area contributed by atoms with Gasteiger partial charge in [-0.1, -0.05) is 19.9 Å². The average molecular weight is 427 g/mol. The number of unbranched alkanes of at least 4 members (excludes halogenated alkanes) is 1. The van der Waals surface area contributed by atoms with Crippen LogP contribution in [0.2, 0.25) is 0 Å². The molecule has 0 aliphatic heterocycles. The van der Waals surface area contributed by atoms with Crippen molar-refractivity contribution in [2.45, 2.75) is 43.9 Å². The molecule has 0 spiro atoms. The zero-order valence-corrected chi connectivity index (χ0v) is 14.9. The number of carbonyl (C=O) groups is 2. The predicted octanol–water partition coefficient (Wildman–Crippen LogP) is 1.86. The first-order valence-electron chi connectivity index (χ1n) is 7.12. The van der Waals surface area contributed by atoms with E-state index < -0.39 is 58.1 Å². The molecule has 0 amide bonds. The molecule has 0 saturated heterocycles. The van der Waals surface area contributed by atoms with Crippen LogP contribution in [0.15, 0.2) is 12.2 Å². The number of alkyl halides is 5. The van der Waals surface area contributed by atoms with Crippen LogP contribution in [0.4, 0.5) is 22.0 Å². The normalized spacial score (nSPS) is 15.0. The van der Waals surface area contributed by atoms with Crippen molar-refractivity contribution in [1.29, 1.82) is 0 Å². The van der Waals surface area contributed by atoms with Crippen molar-refractivity contribution in [2.24, 2.45) is 0 Å². The summed E-state index contributed by atoms with van der Waals surface area (Å²) in [6, 6.07) is 0. The highest BCUT2D eigenvalue weighted by atomic mass is 32.2. The molecule has 0 aliphatic carbocycles. The average Bonchev–Trinajstić information content (AvgIpc) is 2.48. The van der Waals surface area contributed by atoms with Crippen LogP contribution >= 0.6 is 0 Å². The highest BCUT2D eigenvalue weighted by Crippen LogP contribution is 2.38. The Labute approximate surface area is 151 Å². The quantitative estimate of drug-likeness (QED) is 0.129. The summed E-state index contributed by atoms with van der Waals surface area (Å²) in [7, 11) is -6.45. The smallest absolute Gasteiger partial charge is 0.468 e. The molecule has 0 aromatic rings. The molecule has 14 heteroatoms. The third-order valence-corrected chi connectivity index (χ3v) is 3.62. The van der Waals surface area contributed by atoms with E-state index in [0.717, 1.165) is 6.92 Å². The fourth-order valence-electron chi connectivity index (χ4n) is 1.27. The largest absolute Gasteiger partial charge is 0.743 e. The van der Waals surface area contributed by atoms with Crippen LogP contribution in [0.25, 0.3) is 0 Å². The summed E-state index contributed by atoms with van der Waals surface area (Å²) in [4.78, 5) is 23.3. The van der Waals surface area contributed by atoms with E-state index in [1.807, 2.05) is 0 Å². The third kappa shape index (κ3) is 6.39. The minimum absolute atomic E-state index is 0.0687. The van der Waals surface area contributed by atoms with E-state index in [1.165, 1.54) is 0 Å². The van der Waals surface area contributed by atoms with E-state index in [9.17, 15) is 44.5 Å². The summed E-state index contributed by atoms with van der Waals surface area (Å²) in [5.41, 5.74) is -0.670. The Morgan fingerprint density at radius 1 is 1.15 bits per heavy atom. The Bertz CT molecular complexity index is 673. The SMILES string of the molecule is C=C(C)C(=O)OC(OCC(F)(F)S(=O)(=O)[O-])(C(=O)OCCCC)C(F)(F)F. The van der Waals surface area contributed by atoms with Gasteiger partial charge < -0.3 is 18.8 Å². The maximum absolute atomic E-state index is 13.4. The van der Waals surface area contributed by atoms with Gasteiger partial charge in [-0.2, -0.15) is 22.0 Å². The van der Waals surface area contributed by atoms with Gasteiger partial charge in [0.15, 0.2) is 10.1 Å². The summed E-state index contributed by atoms with van der Waals surface area (Å²) in [6.07, 6.45) is -5.53. The Morgan fingerprint density at radius 2 is 1.67 bits per heavy atom. The second kappa shape index (κ2) is 8.93. The van der Waals surface area contributed by atoms with Crippen molar-refractivity contribution in [2.75, 3.05) is 13.2 Å². The van der Waals surface area contributed by atoms with Gasteiger partial charge in [0, 0.05) is 5.57 Å².